The van der Waals surface area contributed by atoms with E-state index in [0.717, 1.165) is 0 Å². The van der Waals surface area contributed by atoms with Crippen LogP contribution in [-0.4, -0.2) is 40.6 Å². The van der Waals surface area contributed by atoms with E-state index in [-0.39, 0.29) is 6.04 Å². The predicted octanol–water partition coefficient (Wildman–Crippen LogP) is -1.08. The molecule has 2 heterocycles. The molecule has 1 saturated heterocycles. The van der Waals surface area contributed by atoms with E-state index in [9.17, 15) is 5.11 Å². The Labute approximate surface area is 74.9 Å². The summed E-state index contributed by atoms with van der Waals surface area (Å²) in [5.74, 6) is 0.583. The molecule has 6 heteroatoms. The van der Waals surface area contributed by atoms with Crippen LogP contribution in [0.5, 0.6) is 0 Å². The first-order valence-electron chi connectivity index (χ1n) is 4.10. The zero-order valence-corrected chi connectivity index (χ0v) is 7.01. The standard InChI is InChI=1S/C7H11N3O3/c11-6-3-12-2-5(6)8-1-7-9-4-13-10-7/h4-6,8,11H,1-3H2. The van der Waals surface area contributed by atoms with Crippen molar-refractivity contribution in [1.82, 2.24) is 15.5 Å². The molecule has 1 aliphatic heterocycles. The van der Waals surface area contributed by atoms with Crippen molar-refractivity contribution in [2.75, 3.05) is 13.2 Å². The normalized spacial score (nSPS) is 28.1. The van der Waals surface area contributed by atoms with Gasteiger partial charge < -0.3 is 19.7 Å². The van der Waals surface area contributed by atoms with Crippen LogP contribution >= 0.6 is 0 Å². The molecule has 0 amide bonds. The van der Waals surface area contributed by atoms with Gasteiger partial charge in [0.05, 0.1) is 31.9 Å². The highest BCUT2D eigenvalue weighted by molar-refractivity contribution is 4.84. The lowest BCUT2D eigenvalue weighted by atomic mass is 10.2. The summed E-state index contributed by atoms with van der Waals surface area (Å²) in [6.45, 7) is 1.41. The first-order valence-corrected chi connectivity index (χ1v) is 4.10. The minimum Gasteiger partial charge on any atom is -0.389 e. The Morgan fingerprint density at radius 3 is 3.15 bits per heavy atom. The fourth-order valence-corrected chi connectivity index (χ4v) is 1.23. The van der Waals surface area contributed by atoms with Gasteiger partial charge in [0.15, 0.2) is 5.82 Å². The zero-order chi connectivity index (χ0) is 9.10. The van der Waals surface area contributed by atoms with E-state index in [0.29, 0.717) is 25.6 Å². The fourth-order valence-electron chi connectivity index (χ4n) is 1.23. The van der Waals surface area contributed by atoms with Gasteiger partial charge in [-0.25, -0.2) is 0 Å². The summed E-state index contributed by atoms with van der Waals surface area (Å²) in [5.41, 5.74) is 0. The molecular formula is C7H11N3O3. The van der Waals surface area contributed by atoms with Crippen molar-refractivity contribution < 1.29 is 14.4 Å². The molecule has 1 aromatic heterocycles. The van der Waals surface area contributed by atoms with E-state index in [1.54, 1.807) is 0 Å². The van der Waals surface area contributed by atoms with Crippen LogP contribution in [0.25, 0.3) is 0 Å². The Hall–Kier alpha value is -0.980. The van der Waals surface area contributed by atoms with Gasteiger partial charge >= 0.3 is 0 Å². The van der Waals surface area contributed by atoms with Gasteiger partial charge in [-0.3, -0.25) is 0 Å². The lowest BCUT2D eigenvalue weighted by molar-refractivity contribution is 0.122. The molecule has 0 aliphatic carbocycles. The maximum absolute atomic E-state index is 9.37. The van der Waals surface area contributed by atoms with Crippen LogP contribution in [0.3, 0.4) is 0 Å². The van der Waals surface area contributed by atoms with Gasteiger partial charge in [0.25, 0.3) is 0 Å². The molecule has 2 N–H and O–H groups in total. The molecule has 2 atom stereocenters. The van der Waals surface area contributed by atoms with Crippen molar-refractivity contribution >= 4 is 0 Å². The Morgan fingerprint density at radius 1 is 1.62 bits per heavy atom. The Balaban J connectivity index is 1.79. The van der Waals surface area contributed by atoms with Gasteiger partial charge in [0, 0.05) is 0 Å². The topological polar surface area (TPSA) is 80.4 Å². The van der Waals surface area contributed by atoms with Gasteiger partial charge in [-0.05, 0) is 0 Å². The van der Waals surface area contributed by atoms with E-state index in [4.69, 9.17) is 4.74 Å². The minimum atomic E-state index is -0.438. The summed E-state index contributed by atoms with van der Waals surface area (Å²) in [6, 6.07) is -0.0292. The number of aliphatic hydroxyl groups is 1. The van der Waals surface area contributed by atoms with Crippen LogP contribution < -0.4 is 5.32 Å². The van der Waals surface area contributed by atoms with Gasteiger partial charge in [0.2, 0.25) is 6.39 Å². The van der Waals surface area contributed by atoms with Crippen molar-refractivity contribution in [1.29, 1.82) is 0 Å². The maximum atomic E-state index is 9.37. The molecule has 1 aromatic rings. The second-order valence-corrected chi connectivity index (χ2v) is 2.94. The summed E-state index contributed by atoms with van der Waals surface area (Å²) in [5, 5.41) is 16.1. The number of hydrogen-bond acceptors (Lipinski definition) is 6. The van der Waals surface area contributed by atoms with Crippen LogP contribution in [0, 0.1) is 0 Å². The number of aliphatic hydroxyl groups excluding tert-OH is 1. The first-order chi connectivity index (χ1) is 6.36. The van der Waals surface area contributed by atoms with Crippen molar-refractivity contribution in [2.45, 2.75) is 18.7 Å². The third kappa shape index (κ3) is 2.03. The zero-order valence-electron chi connectivity index (χ0n) is 7.01. The third-order valence-electron chi connectivity index (χ3n) is 1.98. The molecule has 2 rings (SSSR count). The largest absolute Gasteiger partial charge is 0.389 e. The summed E-state index contributed by atoms with van der Waals surface area (Å²) < 4.78 is 9.62. The molecule has 0 spiro atoms. The van der Waals surface area contributed by atoms with Gasteiger partial charge in [-0.15, -0.1) is 0 Å². The fraction of sp³-hybridized carbons (Fsp3) is 0.714. The van der Waals surface area contributed by atoms with Crippen molar-refractivity contribution in [3.05, 3.63) is 12.2 Å². The third-order valence-corrected chi connectivity index (χ3v) is 1.98. The molecule has 0 radical (unpaired) electrons. The van der Waals surface area contributed by atoms with E-state index < -0.39 is 6.10 Å². The van der Waals surface area contributed by atoms with Crippen LogP contribution in [0.15, 0.2) is 10.9 Å². The van der Waals surface area contributed by atoms with Gasteiger partial charge in [-0.1, -0.05) is 5.16 Å². The monoisotopic (exact) mass is 185 g/mol. The van der Waals surface area contributed by atoms with E-state index in [2.05, 4.69) is 20.0 Å². The van der Waals surface area contributed by atoms with Crippen LogP contribution in [0.1, 0.15) is 5.82 Å². The summed E-state index contributed by atoms with van der Waals surface area (Å²) in [6.07, 6.45) is 0.838. The molecule has 1 aliphatic rings. The van der Waals surface area contributed by atoms with Crippen LogP contribution in [0.2, 0.25) is 0 Å². The molecule has 1 fully saturated rings. The lowest BCUT2D eigenvalue weighted by Crippen LogP contribution is -2.38. The minimum absolute atomic E-state index is 0.0292. The average Bonchev–Trinajstić information content (AvgIpc) is 2.72. The van der Waals surface area contributed by atoms with E-state index >= 15 is 0 Å². The number of aromatic nitrogens is 2. The maximum Gasteiger partial charge on any atom is 0.213 e. The number of rotatable bonds is 3. The highest BCUT2D eigenvalue weighted by Crippen LogP contribution is 2.05. The van der Waals surface area contributed by atoms with Crippen molar-refractivity contribution in [2.24, 2.45) is 0 Å². The Kier molecular flexibility index (Phi) is 2.53. The highest BCUT2D eigenvalue weighted by atomic mass is 16.5. The average molecular weight is 185 g/mol. The SMILES string of the molecule is OC1COCC1NCc1ncon1. The summed E-state index contributed by atoms with van der Waals surface area (Å²) in [7, 11) is 0. The van der Waals surface area contributed by atoms with Crippen molar-refractivity contribution in [3.8, 4) is 0 Å². The number of hydrogen-bond donors (Lipinski definition) is 2. The molecule has 13 heavy (non-hydrogen) atoms. The van der Waals surface area contributed by atoms with E-state index in [1.807, 2.05) is 0 Å². The molecule has 0 bridgehead atoms. The van der Waals surface area contributed by atoms with Crippen LogP contribution in [-0.2, 0) is 11.3 Å². The lowest BCUT2D eigenvalue weighted by Gasteiger charge is -2.12. The molecule has 0 aromatic carbocycles. The molecule has 2 unspecified atom stereocenters. The quantitative estimate of drug-likeness (QED) is 0.623. The number of nitrogens with one attached hydrogen (secondary N) is 1. The van der Waals surface area contributed by atoms with Gasteiger partial charge in [-0.2, -0.15) is 4.98 Å². The smallest absolute Gasteiger partial charge is 0.213 e. The Morgan fingerprint density at radius 2 is 2.54 bits per heavy atom. The predicted molar refractivity (Wildman–Crippen MR) is 41.8 cm³/mol. The van der Waals surface area contributed by atoms with Crippen molar-refractivity contribution in [3.63, 3.8) is 0 Å². The van der Waals surface area contributed by atoms with Crippen LogP contribution in [0.4, 0.5) is 0 Å². The van der Waals surface area contributed by atoms with E-state index in [1.165, 1.54) is 6.39 Å². The number of nitrogens with zero attached hydrogens (tertiary/aromatic N) is 2. The first kappa shape index (κ1) is 8.61. The molecule has 0 saturated carbocycles. The summed E-state index contributed by atoms with van der Waals surface area (Å²) >= 11 is 0. The molecule has 6 nitrogen and oxygen atoms in total. The van der Waals surface area contributed by atoms with Gasteiger partial charge in [0.1, 0.15) is 0 Å². The molecular weight excluding hydrogens is 174 g/mol. The highest BCUT2D eigenvalue weighted by Gasteiger charge is 2.25. The molecule has 72 valence electrons. The number of ether oxygens (including phenoxy) is 1. The Bertz CT molecular complexity index is 251. The second kappa shape index (κ2) is 3.82. The summed E-state index contributed by atoms with van der Waals surface area (Å²) in [4.78, 5) is 3.84. The second-order valence-electron chi connectivity index (χ2n) is 2.94.